The Labute approximate surface area is 110 Å². The summed E-state index contributed by atoms with van der Waals surface area (Å²) in [6.07, 6.45) is 0. The van der Waals surface area contributed by atoms with Crippen LogP contribution in [-0.4, -0.2) is 16.5 Å². The Morgan fingerprint density at radius 3 is 2.87 bits per heavy atom. The maximum absolute atomic E-state index is 5.93. The summed E-state index contributed by atoms with van der Waals surface area (Å²) in [6, 6.07) is 5.44. The molecular weight excluding hydrogens is 347 g/mol. The Morgan fingerprint density at radius 2 is 2.27 bits per heavy atom. The van der Waals surface area contributed by atoms with Crippen molar-refractivity contribution >= 4 is 45.7 Å². The summed E-state index contributed by atoms with van der Waals surface area (Å²) in [6.45, 7) is 0. The number of hydrogen-bond acceptors (Lipinski definition) is 4. The van der Waals surface area contributed by atoms with Crippen LogP contribution in [0.2, 0.25) is 5.02 Å². The second-order valence-corrected chi connectivity index (χ2v) is 4.87. The summed E-state index contributed by atoms with van der Waals surface area (Å²) < 4.78 is 10.1. The van der Waals surface area contributed by atoms with E-state index in [-0.39, 0.29) is 0 Å². The van der Waals surface area contributed by atoms with Crippen LogP contribution in [0.3, 0.4) is 0 Å². The number of rotatable bonds is 2. The van der Waals surface area contributed by atoms with Crippen molar-refractivity contribution in [3.8, 4) is 16.3 Å². The van der Waals surface area contributed by atoms with E-state index in [9.17, 15) is 0 Å². The lowest BCUT2D eigenvalue weighted by Gasteiger charge is -2.05. The minimum absolute atomic E-state index is 0.663. The van der Waals surface area contributed by atoms with E-state index in [0.717, 1.165) is 20.2 Å². The van der Waals surface area contributed by atoms with Crippen LogP contribution < -0.4 is 4.74 Å². The van der Waals surface area contributed by atoms with Gasteiger partial charge in [-0.05, 0) is 29.7 Å². The van der Waals surface area contributed by atoms with Gasteiger partial charge in [-0.1, -0.05) is 11.6 Å². The molecule has 2 aromatic rings. The van der Waals surface area contributed by atoms with Gasteiger partial charge >= 0.3 is 0 Å². The van der Waals surface area contributed by atoms with Crippen LogP contribution >= 0.6 is 45.7 Å². The lowest BCUT2D eigenvalue weighted by molar-refractivity contribution is 0.416. The third-order valence-electron chi connectivity index (χ3n) is 1.79. The van der Waals surface area contributed by atoms with E-state index >= 15 is 0 Å². The van der Waals surface area contributed by atoms with E-state index in [1.165, 1.54) is 11.5 Å². The predicted molar refractivity (Wildman–Crippen MR) is 69.6 cm³/mol. The minimum Gasteiger partial charge on any atom is -0.496 e. The number of aromatic nitrogens is 2. The quantitative estimate of drug-likeness (QED) is 0.776. The Hall–Kier alpha value is -0.400. The monoisotopic (exact) mass is 352 g/mol. The molecule has 0 unspecified atom stereocenters. The maximum Gasteiger partial charge on any atom is 0.203 e. The number of benzene rings is 1. The van der Waals surface area contributed by atoms with Crippen molar-refractivity contribution in [2.75, 3.05) is 7.11 Å². The Morgan fingerprint density at radius 1 is 1.47 bits per heavy atom. The summed E-state index contributed by atoms with van der Waals surface area (Å²) in [5.41, 5.74) is 0.880. The fraction of sp³-hybridized carbons (Fsp3) is 0.111. The molecule has 0 fully saturated rings. The SMILES string of the molecule is COc1ccc(Cl)cc1-c1nc(I)ns1. The molecule has 0 saturated heterocycles. The topological polar surface area (TPSA) is 35.0 Å². The predicted octanol–water partition coefficient (Wildman–Crippen LogP) is 3.47. The van der Waals surface area contributed by atoms with E-state index in [1.54, 1.807) is 13.2 Å². The first kappa shape index (κ1) is 11.1. The molecule has 0 aliphatic heterocycles. The van der Waals surface area contributed by atoms with Gasteiger partial charge in [-0.25, -0.2) is 4.98 Å². The molecular formula is C9H6ClIN2OS. The van der Waals surface area contributed by atoms with Gasteiger partial charge in [0, 0.05) is 27.6 Å². The minimum atomic E-state index is 0.663. The van der Waals surface area contributed by atoms with E-state index in [2.05, 4.69) is 31.9 Å². The number of methoxy groups -OCH3 is 1. The first-order valence-electron chi connectivity index (χ1n) is 4.04. The largest absolute Gasteiger partial charge is 0.496 e. The van der Waals surface area contributed by atoms with E-state index in [0.29, 0.717) is 5.02 Å². The normalized spacial score (nSPS) is 10.3. The molecule has 0 radical (unpaired) electrons. The summed E-state index contributed by atoms with van der Waals surface area (Å²) in [5, 5.41) is 1.48. The van der Waals surface area contributed by atoms with E-state index in [1.807, 2.05) is 12.1 Å². The van der Waals surface area contributed by atoms with E-state index in [4.69, 9.17) is 16.3 Å². The van der Waals surface area contributed by atoms with Gasteiger partial charge < -0.3 is 4.74 Å². The van der Waals surface area contributed by atoms with Crippen LogP contribution in [0.25, 0.3) is 10.6 Å². The van der Waals surface area contributed by atoms with Gasteiger partial charge in [0.15, 0.2) is 0 Å². The van der Waals surface area contributed by atoms with Crippen molar-refractivity contribution in [1.29, 1.82) is 0 Å². The molecule has 2 rings (SSSR count). The maximum atomic E-state index is 5.93. The molecule has 1 heterocycles. The standard InChI is InChI=1S/C9H6ClIN2OS/c1-14-7-3-2-5(10)4-6(7)8-12-9(11)13-15-8/h2-4H,1H3. The van der Waals surface area contributed by atoms with Crippen LogP contribution in [0.4, 0.5) is 0 Å². The zero-order chi connectivity index (χ0) is 10.8. The number of hydrogen-bond donors (Lipinski definition) is 0. The van der Waals surface area contributed by atoms with Gasteiger partial charge in [0.25, 0.3) is 0 Å². The molecule has 0 N–H and O–H groups in total. The average Bonchev–Trinajstić information content (AvgIpc) is 2.65. The highest BCUT2D eigenvalue weighted by molar-refractivity contribution is 14.1. The van der Waals surface area contributed by atoms with Crippen LogP contribution in [0, 0.1) is 3.83 Å². The molecule has 6 heteroatoms. The van der Waals surface area contributed by atoms with Crippen LogP contribution in [0.5, 0.6) is 5.75 Å². The lowest BCUT2D eigenvalue weighted by atomic mass is 10.2. The average molecular weight is 353 g/mol. The zero-order valence-electron chi connectivity index (χ0n) is 7.70. The van der Waals surface area contributed by atoms with Gasteiger partial charge in [0.1, 0.15) is 10.8 Å². The third kappa shape index (κ3) is 2.40. The van der Waals surface area contributed by atoms with Crippen LogP contribution in [-0.2, 0) is 0 Å². The zero-order valence-corrected chi connectivity index (χ0v) is 11.4. The molecule has 0 spiro atoms. The molecule has 0 aliphatic carbocycles. The Bertz CT molecular complexity index is 489. The molecule has 0 bridgehead atoms. The first-order valence-corrected chi connectivity index (χ1v) is 6.27. The van der Waals surface area contributed by atoms with Crippen molar-refractivity contribution in [2.45, 2.75) is 0 Å². The van der Waals surface area contributed by atoms with Crippen LogP contribution in [0.1, 0.15) is 0 Å². The second-order valence-electron chi connectivity index (χ2n) is 2.71. The fourth-order valence-corrected chi connectivity index (χ4v) is 2.62. The van der Waals surface area contributed by atoms with Crippen molar-refractivity contribution in [1.82, 2.24) is 9.36 Å². The van der Waals surface area contributed by atoms with Gasteiger partial charge in [-0.2, -0.15) is 4.37 Å². The van der Waals surface area contributed by atoms with Crippen LogP contribution in [0.15, 0.2) is 18.2 Å². The number of ether oxygens (including phenoxy) is 1. The molecule has 0 atom stereocenters. The molecule has 0 saturated carbocycles. The van der Waals surface area contributed by atoms with Crippen molar-refractivity contribution in [3.05, 3.63) is 27.1 Å². The summed E-state index contributed by atoms with van der Waals surface area (Å²) in [5.74, 6) is 0.756. The summed E-state index contributed by atoms with van der Waals surface area (Å²) >= 11 is 9.34. The first-order chi connectivity index (χ1) is 7.20. The van der Waals surface area contributed by atoms with Gasteiger partial charge in [-0.3, -0.25) is 0 Å². The third-order valence-corrected chi connectivity index (χ3v) is 3.59. The van der Waals surface area contributed by atoms with Gasteiger partial charge in [-0.15, -0.1) is 0 Å². The molecule has 78 valence electrons. The second kappa shape index (κ2) is 4.63. The molecule has 0 aliphatic rings. The Balaban J connectivity index is 2.55. The smallest absolute Gasteiger partial charge is 0.203 e. The highest BCUT2D eigenvalue weighted by Gasteiger charge is 2.11. The lowest BCUT2D eigenvalue weighted by Crippen LogP contribution is -1.87. The summed E-state index contributed by atoms with van der Waals surface area (Å²) in [7, 11) is 1.62. The molecule has 1 aromatic heterocycles. The van der Waals surface area contributed by atoms with Gasteiger partial charge in [0.05, 0.1) is 12.7 Å². The van der Waals surface area contributed by atoms with Gasteiger partial charge in [0.2, 0.25) is 3.83 Å². The Kier molecular flexibility index (Phi) is 3.42. The molecule has 1 aromatic carbocycles. The number of nitrogens with zero attached hydrogens (tertiary/aromatic N) is 2. The van der Waals surface area contributed by atoms with E-state index < -0.39 is 0 Å². The van der Waals surface area contributed by atoms with Crippen molar-refractivity contribution in [3.63, 3.8) is 0 Å². The molecule has 0 amide bonds. The highest BCUT2D eigenvalue weighted by atomic mass is 127. The fourth-order valence-electron chi connectivity index (χ4n) is 1.16. The summed E-state index contributed by atoms with van der Waals surface area (Å²) in [4.78, 5) is 4.29. The van der Waals surface area contributed by atoms with Crippen molar-refractivity contribution < 1.29 is 4.74 Å². The van der Waals surface area contributed by atoms with Crippen molar-refractivity contribution in [2.24, 2.45) is 0 Å². The number of halogens is 2. The molecule has 15 heavy (non-hydrogen) atoms. The highest BCUT2D eigenvalue weighted by Crippen LogP contribution is 2.33. The molecule has 3 nitrogen and oxygen atoms in total.